The topological polar surface area (TPSA) is 47.1 Å². The van der Waals surface area contributed by atoms with Crippen LogP contribution in [0.3, 0.4) is 0 Å². The molecule has 1 saturated carbocycles. The molecule has 0 amide bonds. The van der Waals surface area contributed by atoms with Crippen molar-refractivity contribution in [3.05, 3.63) is 48.5 Å². The van der Waals surface area contributed by atoms with E-state index in [1.807, 2.05) is 18.5 Å². The highest BCUT2D eigenvalue weighted by atomic mass is 35.5. The monoisotopic (exact) mass is 318 g/mol. The van der Waals surface area contributed by atoms with Crippen LogP contribution in [-0.4, -0.2) is 33.6 Å². The number of hydrogen-bond acceptors (Lipinski definition) is 3. The molecule has 1 aromatic carbocycles. The van der Waals surface area contributed by atoms with E-state index >= 15 is 0 Å². The Balaban J connectivity index is 0.00000144. The first-order valence-corrected chi connectivity index (χ1v) is 7.87. The van der Waals surface area contributed by atoms with E-state index in [0.717, 1.165) is 24.8 Å². The van der Waals surface area contributed by atoms with Gasteiger partial charge in [-0.2, -0.15) is 0 Å². The summed E-state index contributed by atoms with van der Waals surface area (Å²) in [7, 11) is 0. The summed E-state index contributed by atoms with van der Waals surface area (Å²) >= 11 is 0. The maximum atomic E-state index is 6.23. The van der Waals surface area contributed by atoms with Gasteiger partial charge < -0.3 is 10.3 Å². The quantitative estimate of drug-likeness (QED) is 0.945. The summed E-state index contributed by atoms with van der Waals surface area (Å²) in [6, 6.07) is 10.8. The van der Waals surface area contributed by atoms with Crippen LogP contribution in [0.25, 0.3) is 5.69 Å². The highest BCUT2D eigenvalue weighted by Crippen LogP contribution is 2.37. The van der Waals surface area contributed by atoms with E-state index in [1.54, 1.807) is 0 Å². The molecule has 2 aliphatic rings. The van der Waals surface area contributed by atoms with E-state index in [9.17, 15) is 0 Å². The molecule has 1 aliphatic carbocycles. The maximum absolute atomic E-state index is 6.23. The van der Waals surface area contributed by atoms with Crippen LogP contribution in [0.5, 0.6) is 0 Å². The number of fused-ring (bicyclic) bond motifs is 1. The third-order valence-corrected chi connectivity index (χ3v) is 5.10. The Morgan fingerprint density at radius 3 is 2.73 bits per heavy atom. The van der Waals surface area contributed by atoms with Crippen LogP contribution in [0.1, 0.15) is 18.7 Å². The molecular weight excluding hydrogens is 296 g/mol. The van der Waals surface area contributed by atoms with Gasteiger partial charge in [-0.25, -0.2) is 4.98 Å². The van der Waals surface area contributed by atoms with Crippen LogP contribution in [0, 0.1) is 11.8 Å². The van der Waals surface area contributed by atoms with Gasteiger partial charge in [-0.3, -0.25) is 4.90 Å². The molecular formula is C17H23ClN4. The Labute approximate surface area is 137 Å². The van der Waals surface area contributed by atoms with E-state index in [1.165, 1.54) is 25.1 Å². The fraction of sp³-hybridized carbons (Fsp3) is 0.471. The van der Waals surface area contributed by atoms with E-state index in [4.69, 9.17) is 5.73 Å². The fourth-order valence-corrected chi connectivity index (χ4v) is 4.00. The summed E-state index contributed by atoms with van der Waals surface area (Å²) in [6.45, 7) is 3.23. The van der Waals surface area contributed by atoms with Gasteiger partial charge in [0.2, 0.25) is 0 Å². The molecule has 1 aliphatic heterocycles. The van der Waals surface area contributed by atoms with Crippen LogP contribution in [-0.2, 0) is 6.54 Å². The zero-order valence-electron chi connectivity index (χ0n) is 12.6. The molecule has 22 heavy (non-hydrogen) atoms. The summed E-state index contributed by atoms with van der Waals surface area (Å²) in [4.78, 5) is 7.08. The normalized spacial score (nSPS) is 27.6. The van der Waals surface area contributed by atoms with Gasteiger partial charge in [0.25, 0.3) is 0 Å². The first-order valence-electron chi connectivity index (χ1n) is 7.87. The second-order valence-electron chi connectivity index (χ2n) is 6.41. The molecule has 0 radical (unpaired) electrons. The summed E-state index contributed by atoms with van der Waals surface area (Å²) < 4.78 is 2.19. The minimum absolute atomic E-state index is 0. The molecule has 1 saturated heterocycles. The lowest BCUT2D eigenvalue weighted by Gasteiger charge is -2.18. The number of likely N-dealkylation sites (tertiary alicyclic amines) is 1. The minimum atomic E-state index is 0. The molecule has 118 valence electrons. The summed E-state index contributed by atoms with van der Waals surface area (Å²) in [6.07, 6.45) is 6.45. The highest BCUT2D eigenvalue weighted by molar-refractivity contribution is 5.85. The van der Waals surface area contributed by atoms with Crippen molar-refractivity contribution in [3.63, 3.8) is 0 Å². The lowest BCUT2D eigenvalue weighted by Crippen LogP contribution is -2.30. The van der Waals surface area contributed by atoms with Gasteiger partial charge in [-0.1, -0.05) is 18.2 Å². The number of imidazole rings is 1. The smallest absolute Gasteiger partial charge is 0.127 e. The molecule has 4 rings (SSSR count). The molecule has 4 nitrogen and oxygen atoms in total. The van der Waals surface area contributed by atoms with Gasteiger partial charge >= 0.3 is 0 Å². The number of nitrogens with two attached hydrogens (primary N) is 1. The maximum Gasteiger partial charge on any atom is 0.127 e. The van der Waals surface area contributed by atoms with Crippen molar-refractivity contribution in [2.45, 2.75) is 25.4 Å². The number of halogens is 1. The van der Waals surface area contributed by atoms with Crippen LogP contribution in [0.4, 0.5) is 0 Å². The van der Waals surface area contributed by atoms with Crippen molar-refractivity contribution in [1.29, 1.82) is 0 Å². The summed E-state index contributed by atoms with van der Waals surface area (Å²) in [5.41, 5.74) is 7.41. The van der Waals surface area contributed by atoms with E-state index in [-0.39, 0.29) is 12.4 Å². The second-order valence-corrected chi connectivity index (χ2v) is 6.41. The largest absolute Gasteiger partial charge is 0.327 e. The zero-order chi connectivity index (χ0) is 14.2. The van der Waals surface area contributed by atoms with Crippen LogP contribution in [0.2, 0.25) is 0 Å². The number of hydrogen-bond donors (Lipinski definition) is 1. The lowest BCUT2D eigenvalue weighted by atomic mass is 9.98. The molecule has 2 heterocycles. The van der Waals surface area contributed by atoms with Crippen molar-refractivity contribution < 1.29 is 0 Å². The predicted octanol–water partition coefficient (Wildman–Crippen LogP) is 2.46. The van der Waals surface area contributed by atoms with E-state index < -0.39 is 0 Å². The molecule has 5 heteroatoms. The predicted molar refractivity (Wildman–Crippen MR) is 90.3 cm³/mol. The molecule has 2 N–H and O–H groups in total. The Bertz CT molecular complexity index is 612. The van der Waals surface area contributed by atoms with Gasteiger partial charge in [-0.15, -0.1) is 12.4 Å². The summed E-state index contributed by atoms with van der Waals surface area (Å²) in [5.74, 6) is 2.63. The molecule has 1 aromatic heterocycles. The Morgan fingerprint density at radius 1 is 1.14 bits per heavy atom. The third-order valence-electron chi connectivity index (χ3n) is 5.10. The SMILES string of the molecule is Cl.NC1CCC2CN(Cc3nccn3-c3ccccc3)CC12. The Hall–Kier alpha value is -1.36. The Kier molecular flexibility index (Phi) is 4.52. The second kappa shape index (κ2) is 6.41. The minimum Gasteiger partial charge on any atom is -0.327 e. The number of para-hydroxylation sites is 1. The van der Waals surface area contributed by atoms with Gasteiger partial charge in [-0.05, 0) is 36.8 Å². The number of benzene rings is 1. The number of aromatic nitrogens is 2. The number of rotatable bonds is 3. The van der Waals surface area contributed by atoms with Gasteiger partial charge in [0, 0.05) is 37.2 Å². The van der Waals surface area contributed by atoms with Crippen LogP contribution < -0.4 is 5.73 Å². The zero-order valence-corrected chi connectivity index (χ0v) is 13.5. The molecule has 2 aromatic rings. The van der Waals surface area contributed by atoms with E-state index in [2.05, 4.69) is 38.7 Å². The molecule has 3 unspecified atom stereocenters. The average Bonchev–Trinajstić information content (AvgIpc) is 3.19. The number of nitrogens with zero attached hydrogens (tertiary/aromatic N) is 3. The van der Waals surface area contributed by atoms with Crippen LogP contribution >= 0.6 is 12.4 Å². The Morgan fingerprint density at radius 2 is 1.95 bits per heavy atom. The molecule has 2 fully saturated rings. The van der Waals surface area contributed by atoms with Crippen LogP contribution in [0.15, 0.2) is 42.7 Å². The van der Waals surface area contributed by atoms with Crippen molar-refractivity contribution in [3.8, 4) is 5.69 Å². The van der Waals surface area contributed by atoms with Gasteiger partial charge in [0.1, 0.15) is 5.82 Å². The van der Waals surface area contributed by atoms with Crippen molar-refractivity contribution in [1.82, 2.24) is 14.5 Å². The molecule has 3 atom stereocenters. The third kappa shape index (κ3) is 2.78. The summed E-state index contributed by atoms with van der Waals surface area (Å²) in [5, 5.41) is 0. The standard InChI is InChI=1S/C17H22N4.ClH/c18-16-7-6-13-10-20(11-15(13)16)12-17-19-8-9-21(17)14-4-2-1-3-5-14;/h1-5,8-9,13,15-16H,6-7,10-12,18H2;1H. The van der Waals surface area contributed by atoms with Gasteiger partial charge in [0.15, 0.2) is 0 Å². The van der Waals surface area contributed by atoms with E-state index in [0.29, 0.717) is 12.0 Å². The fourth-order valence-electron chi connectivity index (χ4n) is 4.00. The molecule has 0 spiro atoms. The van der Waals surface area contributed by atoms with Crippen molar-refractivity contribution in [2.24, 2.45) is 17.6 Å². The average molecular weight is 319 g/mol. The van der Waals surface area contributed by atoms with Crippen molar-refractivity contribution in [2.75, 3.05) is 13.1 Å². The van der Waals surface area contributed by atoms with Crippen molar-refractivity contribution >= 4 is 12.4 Å². The highest BCUT2D eigenvalue weighted by Gasteiger charge is 2.40. The molecule has 0 bridgehead atoms. The first-order chi connectivity index (χ1) is 10.3. The lowest BCUT2D eigenvalue weighted by molar-refractivity contribution is 0.289. The first kappa shape index (κ1) is 15.5. The van der Waals surface area contributed by atoms with Gasteiger partial charge in [0.05, 0.1) is 6.54 Å².